The van der Waals surface area contributed by atoms with Crippen molar-refractivity contribution < 1.29 is 19.1 Å². The van der Waals surface area contributed by atoms with Gasteiger partial charge in [-0.15, -0.1) is 11.3 Å². The predicted octanol–water partition coefficient (Wildman–Crippen LogP) is 2.26. The smallest absolute Gasteiger partial charge is 0.311 e. The quantitative estimate of drug-likeness (QED) is 0.851. The van der Waals surface area contributed by atoms with E-state index >= 15 is 0 Å². The second-order valence-corrected chi connectivity index (χ2v) is 6.32. The lowest BCUT2D eigenvalue weighted by Crippen LogP contribution is -2.27. The number of aryl methyl sites for hydroxylation is 3. The van der Waals surface area contributed by atoms with Gasteiger partial charge in [0.05, 0.1) is 22.5 Å². The maximum Gasteiger partial charge on any atom is 0.311 e. The fourth-order valence-electron chi connectivity index (χ4n) is 2.25. The molecule has 0 aliphatic rings. The largest absolute Gasteiger partial charge is 0.481 e. The Morgan fingerprint density at radius 2 is 2.09 bits per heavy atom. The molecule has 22 heavy (non-hydrogen) atoms. The molecule has 0 atom stereocenters. The number of nitrogens with one attached hydrogen (secondary N) is 1. The SMILES string of the molecule is Cc1nc(C)c(CCNC(=O)c2c(C)coc2CC(=O)O)s1. The Hall–Kier alpha value is -2.15. The van der Waals surface area contributed by atoms with Crippen molar-refractivity contribution in [3.63, 3.8) is 0 Å². The zero-order chi connectivity index (χ0) is 16.3. The van der Waals surface area contributed by atoms with Crippen LogP contribution >= 0.6 is 11.3 Å². The number of hydrogen-bond donors (Lipinski definition) is 2. The molecule has 0 unspecified atom stereocenters. The summed E-state index contributed by atoms with van der Waals surface area (Å²) in [6.07, 6.45) is 1.81. The molecule has 7 heteroatoms. The number of rotatable bonds is 6. The van der Waals surface area contributed by atoms with Crippen LogP contribution in [-0.4, -0.2) is 28.5 Å². The maximum atomic E-state index is 12.2. The van der Waals surface area contributed by atoms with Crippen molar-refractivity contribution in [1.82, 2.24) is 10.3 Å². The molecule has 0 radical (unpaired) electrons. The zero-order valence-electron chi connectivity index (χ0n) is 12.7. The molecule has 2 N–H and O–H groups in total. The van der Waals surface area contributed by atoms with Gasteiger partial charge in [0.1, 0.15) is 12.2 Å². The van der Waals surface area contributed by atoms with Crippen molar-refractivity contribution in [2.45, 2.75) is 33.6 Å². The van der Waals surface area contributed by atoms with E-state index in [2.05, 4.69) is 10.3 Å². The van der Waals surface area contributed by atoms with Gasteiger partial charge in [0.15, 0.2) is 0 Å². The maximum absolute atomic E-state index is 12.2. The molecule has 0 fully saturated rings. The van der Waals surface area contributed by atoms with Crippen molar-refractivity contribution in [3.8, 4) is 0 Å². The van der Waals surface area contributed by atoms with Gasteiger partial charge in [-0.1, -0.05) is 0 Å². The van der Waals surface area contributed by atoms with Crippen molar-refractivity contribution in [3.05, 3.63) is 38.7 Å². The van der Waals surface area contributed by atoms with Gasteiger partial charge in [-0.05, 0) is 20.8 Å². The first-order valence-electron chi connectivity index (χ1n) is 6.88. The minimum Gasteiger partial charge on any atom is -0.481 e. The van der Waals surface area contributed by atoms with Crippen LogP contribution in [0.15, 0.2) is 10.7 Å². The van der Waals surface area contributed by atoms with Crippen LogP contribution in [0.1, 0.15) is 37.3 Å². The number of aliphatic carboxylic acids is 1. The molecule has 0 spiro atoms. The topological polar surface area (TPSA) is 92.4 Å². The number of aromatic nitrogens is 1. The van der Waals surface area contributed by atoms with Crippen LogP contribution in [0.2, 0.25) is 0 Å². The van der Waals surface area contributed by atoms with E-state index in [-0.39, 0.29) is 18.1 Å². The first-order chi connectivity index (χ1) is 10.4. The van der Waals surface area contributed by atoms with E-state index in [1.807, 2.05) is 13.8 Å². The third-order valence-electron chi connectivity index (χ3n) is 3.23. The van der Waals surface area contributed by atoms with E-state index in [1.54, 1.807) is 18.3 Å². The molecule has 2 aromatic rings. The van der Waals surface area contributed by atoms with Crippen LogP contribution in [-0.2, 0) is 17.6 Å². The van der Waals surface area contributed by atoms with Crippen molar-refractivity contribution >= 4 is 23.2 Å². The number of carboxylic acids is 1. The number of carbonyl (C=O) groups excluding carboxylic acids is 1. The summed E-state index contributed by atoms with van der Waals surface area (Å²) in [5, 5.41) is 12.7. The second-order valence-electron chi connectivity index (χ2n) is 5.03. The summed E-state index contributed by atoms with van der Waals surface area (Å²) in [6, 6.07) is 0. The van der Waals surface area contributed by atoms with Crippen LogP contribution in [0.5, 0.6) is 0 Å². The van der Waals surface area contributed by atoms with E-state index in [0.717, 1.165) is 15.6 Å². The van der Waals surface area contributed by atoms with Gasteiger partial charge >= 0.3 is 5.97 Å². The van der Waals surface area contributed by atoms with E-state index in [4.69, 9.17) is 9.52 Å². The van der Waals surface area contributed by atoms with Crippen LogP contribution in [0.3, 0.4) is 0 Å². The van der Waals surface area contributed by atoms with Gasteiger partial charge < -0.3 is 14.8 Å². The fraction of sp³-hybridized carbons (Fsp3) is 0.400. The predicted molar refractivity (Wildman–Crippen MR) is 82.4 cm³/mol. The highest BCUT2D eigenvalue weighted by molar-refractivity contribution is 7.11. The van der Waals surface area contributed by atoms with Crippen LogP contribution in [0.25, 0.3) is 0 Å². The third kappa shape index (κ3) is 3.73. The molecule has 118 valence electrons. The van der Waals surface area contributed by atoms with Gasteiger partial charge in [-0.2, -0.15) is 0 Å². The Morgan fingerprint density at radius 1 is 1.36 bits per heavy atom. The van der Waals surface area contributed by atoms with Gasteiger partial charge in [0, 0.05) is 23.4 Å². The zero-order valence-corrected chi connectivity index (χ0v) is 13.5. The standard InChI is InChI=1S/C15H18N2O4S/c1-8-7-21-11(6-13(18)19)14(8)15(20)16-5-4-12-9(2)17-10(3)22-12/h7H,4-6H2,1-3H3,(H,16,20)(H,18,19). The summed E-state index contributed by atoms with van der Waals surface area (Å²) in [7, 11) is 0. The Balaban J connectivity index is 1.99. The molecule has 0 aliphatic carbocycles. The first-order valence-corrected chi connectivity index (χ1v) is 7.70. The Kier molecular flexibility index (Phi) is 4.97. The third-order valence-corrected chi connectivity index (χ3v) is 4.36. The number of thiazole rings is 1. The van der Waals surface area contributed by atoms with Gasteiger partial charge in [0.2, 0.25) is 0 Å². The highest BCUT2D eigenvalue weighted by Crippen LogP contribution is 2.19. The fourth-order valence-corrected chi connectivity index (χ4v) is 3.19. The highest BCUT2D eigenvalue weighted by Gasteiger charge is 2.20. The lowest BCUT2D eigenvalue weighted by atomic mass is 10.1. The number of hydrogen-bond acceptors (Lipinski definition) is 5. The molecule has 0 aromatic carbocycles. The van der Waals surface area contributed by atoms with E-state index in [1.165, 1.54) is 6.26 Å². The molecule has 0 aliphatic heterocycles. The molecule has 2 aromatic heterocycles. The van der Waals surface area contributed by atoms with E-state index in [0.29, 0.717) is 24.1 Å². The molecule has 0 bridgehead atoms. The summed E-state index contributed by atoms with van der Waals surface area (Å²) in [5.74, 6) is -1.15. The van der Waals surface area contributed by atoms with E-state index in [9.17, 15) is 9.59 Å². The number of nitrogens with zero attached hydrogens (tertiary/aromatic N) is 1. The molecular formula is C15H18N2O4S. The molecule has 6 nitrogen and oxygen atoms in total. The highest BCUT2D eigenvalue weighted by atomic mass is 32.1. The van der Waals surface area contributed by atoms with Crippen molar-refractivity contribution in [1.29, 1.82) is 0 Å². The molecular weight excluding hydrogens is 304 g/mol. The first kappa shape index (κ1) is 16.2. The summed E-state index contributed by atoms with van der Waals surface area (Å²) >= 11 is 1.62. The summed E-state index contributed by atoms with van der Waals surface area (Å²) in [6.45, 7) is 6.09. The number of carboxylic acid groups (broad SMARTS) is 1. The van der Waals surface area contributed by atoms with Gasteiger partial charge in [0.25, 0.3) is 5.91 Å². The number of carbonyl (C=O) groups is 2. The number of amides is 1. The van der Waals surface area contributed by atoms with E-state index < -0.39 is 5.97 Å². The minimum absolute atomic E-state index is 0.187. The number of furan rings is 1. The van der Waals surface area contributed by atoms with Crippen LogP contribution in [0.4, 0.5) is 0 Å². The summed E-state index contributed by atoms with van der Waals surface area (Å²) < 4.78 is 5.16. The Labute approximate surface area is 132 Å². The summed E-state index contributed by atoms with van der Waals surface area (Å²) in [5.41, 5.74) is 1.95. The lowest BCUT2D eigenvalue weighted by molar-refractivity contribution is -0.136. The molecule has 1 amide bonds. The van der Waals surface area contributed by atoms with Crippen LogP contribution in [0, 0.1) is 20.8 Å². The Morgan fingerprint density at radius 3 is 2.68 bits per heavy atom. The second kappa shape index (κ2) is 6.74. The normalized spacial score (nSPS) is 10.7. The van der Waals surface area contributed by atoms with Gasteiger partial charge in [-0.25, -0.2) is 4.98 Å². The minimum atomic E-state index is -1.03. The lowest BCUT2D eigenvalue weighted by Gasteiger charge is -2.05. The monoisotopic (exact) mass is 322 g/mol. The van der Waals surface area contributed by atoms with Crippen molar-refractivity contribution in [2.24, 2.45) is 0 Å². The van der Waals surface area contributed by atoms with Crippen LogP contribution < -0.4 is 5.32 Å². The van der Waals surface area contributed by atoms with Gasteiger partial charge in [-0.3, -0.25) is 9.59 Å². The molecule has 0 saturated heterocycles. The Bertz CT molecular complexity index is 702. The summed E-state index contributed by atoms with van der Waals surface area (Å²) in [4.78, 5) is 28.5. The average Bonchev–Trinajstić information content (AvgIpc) is 2.92. The molecule has 2 rings (SSSR count). The van der Waals surface area contributed by atoms with Crippen molar-refractivity contribution in [2.75, 3.05) is 6.54 Å². The molecule has 2 heterocycles. The average molecular weight is 322 g/mol. The molecule has 0 saturated carbocycles.